The zero-order chi connectivity index (χ0) is 18.4. The zero-order valence-electron chi connectivity index (χ0n) is 15.7. The summed E-state index contributed by atoms with van der Waals surface area (Å²) in [4.78, 5) is 16.8. The van der Waals surface area contributed by atoms with Crippen molar-refractivity contribution in [1.82, 2.24) is 9.80 Å². The number of piperidine rings is 2. The van der Waals surface area contributed by atoms with E-state index in [1.807, 2.05) is 18.2 Å². The molecule has 1 spiro atoms. The number of nitriles is 1. The lowest BCUT2D eigenvalue weighted by Crippen LogP contribution is -2.54. The lowest BCUT2D eigenvalue weighted by Gasteiger charge is -2.48. The van der Waals surface area contributed by atoms with Crippen molar-refractivity contribution in [1.29, 1.82) is 5.26 Å². The van der Waals surface area contributed by atoms with Crippen molar-refractivity contribution in [3.8, 4) is 6.07 Å². The van der Waals surface area contributed by atoms with E-state index >= 15 is 0 Å². The van der Waals surface area contributed by atoms with Gasteiger partial charge in [-0.1, -0.05) is 18.2 Å². The van der Waals surface area contributed by atoms with E-state index in [0.29, 0.717) is 18.9 Å². The Bertz CT molecular complexity index is 669. The largest absolute Gasteiger partial charge is 0.385 e. The highest BCUT2D eigenvalue weighted by molar-refractivity contribution is 5.77. The van der Waals surface area contributed by atoms with Crippen LogP contribution in [0, 0.1) is 16.7 Å². The van der Waals surface area contributed by atoms with Crippen molar-refractivity contribution in [3.05, 3.63) is 35.4 Å². The average molecular weight is 355 g/mol. The van der Waals surface area contributed by atoms with Crippen molar-refractivity contribution in [2.45, 2.75) is 38.6 Å². The van der Waals surface area contributed by atoms with Crippen molar-refractivity contribution < 1.29 is 9.53 Å². The fourth-order valence-electron chi connectivity index (χ4n) is 4.49. The normalized spacial score (nSPS) is 24.0. The minimum absolute atomic E-state index is 0.209. The smallest absolute Gasteiger partial charge is 0.222 e. The predicted octanol–water partition coefficient (Wildman–Crippen LogP) is 2.80. The van der Waals surface area contributed by atoms with Gasteiger partial charge in [0.05, 0.1) is 11.6 Å². The predicted molar refractivity (Wildman–Crippen MR) is 100 cm³/mol. The first-order chi connectivity index (χ1) is 12.7. The molecule has 1 amide bonds. The van der Waals surface area contributed by atoms with Gasteiger partial charge in [-0.15, -0.1) is 0 Å². The summed E-state index contributed by atoms with van der Waals surface area (Å²) in [5.41, 5.74) is 2.09. The van der Waals surface area contributed by atoms with Gasteiger partial charge < -0.3 is 9.64 Å². The first-order valence-corrected chi connectivity index (χ1v) is 9.63. The molecule has 3 rings (SSSR count). The molecule has 5 heteroatoms. The Labute approximate surface area is 156 Å². The minimum atomic E-state index is 0.209. The number of amides is 1. The zero-order valence-corrected chi connectivity index (χ0v) is 15.7. The standard InChI is InChI=1S/C21H29N3O2/c1-26-13-5-12-24-17-21(10-8-20(24)25)9-4-11-23(16-21)15-19-7-3-2-6-18(19)14-22/h2-3,6-7H,4-5,8-13,15-17H2,1H3/t21-/m1/s1. The van der Waals surface area contributed by atoms with Gasteiger partial charge in [-0.05, 0) is 43.9 Å². The average Bonchev–Trinajstić information content (AvgIpc) is 2.66. The van der Waals surface area contributed by atoms with E-state index in [1.165, 1.54) is 6.42 Å². The van der Waals surface area contributed by atoms with Crippen LogP contribution in [0.5, 0.6) is 0 Å². The molecule has 2 aliphatic rings. The molecule has 1 atom stereocenters. The lowest BCUT2D eigenvalue weighted by atomic mass is 9.73. The van der Waals surface area contributed by atoms with E-state index in [0.717, 1.165) is 63.1 Å². The molecule has 0 radical (unpaired) electrons. The molecule has 26 heavy (non-hydrogen) atoms. The molecule has 0 bridgehead atoms. The number of methoxy groups -OCH3 is 1. The molecule has 2 heterocycles. The Morgan fingerprint density at radius 2 is 2.12 bits per heavy atom. The quantitative estimate of drug-likeness (QED) is 0.736. The second kappa shape index (κ2) is 8.66. The number of hydrogen-bond acceptors (Lipinski definition) is 4. The second-order valence-electron chi connectivity index (χ2n) is 7.74. The van der Waals surface area contributed by atoms with Gasteiger partial charge in [0.1, 0.15) is 0 Å². The molecule has 0 N–H and O–H groups in total. The van der Waals surface area contributed by atoms with E-state index in [-0.39, 0.29) is 5.41 Å². The Balaban J connectivity index is 1.65. The van der Waals surface area contributed by atoms with Crippen molar-refractivity contribution in [2.75, 3.05) is 39.9 Å². The summed E-state index contributed by atoms with van der Waals surface area (Å²) in [5.74, 6) is 0.290. The van der Waals surface area contributed by atoms with E-state index in [2.05, 4.69) is 21.9 Å². The molecule has 2 saturated heterocycles. The van der Waals surface area contributed by atoms with Gasteiger partial charge >= 0.3 is 0 Å². The molecule has 2 aliphatic heterocycles. The number of likely N-dealkylation sites (tertiary alicyclic amines) is 2. The van der Waals surface area contributed by atoms with Crippen LogP contribution in [0.3, 0.4) is 0 Å². The molecule has 0 saturated carbocycles. The van der Waals surface area contributed by atoms with Crippen LogP contribution in [0.2, 0.25) is 0 Å². The summed E-state index contributed by atoms with van der Waals surface area (Å²) in [6, 6.07) is 10.2. The maximum Gasteiger partial charge on any atom is 0.222 e. The van der Waals surface area contributed by atoms with Crippen LogP contribution in [0.1, 0.15) is 43.2 Å². The van der Waals surface area contributed by atoms with Crippen LogP contribution in [-0.4, -0.2) is 55.6 Å². The van der Waals surface area contributed by atoms with Crippen LogP contribution in [0.4, 0.5) is 0 Å². The lowest BCUT2D eigenvalue weighted by molar-refractivity contribution is -0.139. The van der Waals surface area contributed by atoms with Gasteiger partial charge in [0.15, 0.2) is 0 Å². The van der Waals surface area contributed by atoms with Gasteiger partial charge in [0, 0.05) is 51.7 Å². The molecule has 140 valence electrons. The third kappa shape index (κ3) is 4.44. The summed E-state index contributed by atoms with van der Waals surface area (Å²) in [6.45, 7) is 5.27. The highest BCUT2D eigenvalue weighted by Crippen LogP contribution is 2.39. The highest BCUT2D eigenvalue weighted by atomic mass is 16.5. The van der Waals surface area contributed by atoms with E-state index < -0.39 is 0 Å². The number of carbonyl (C=O) groups is 1. The van der Waals surface area contributed by atoms with Gasteiger partial charge in [-0.3, -0.25) is 9.69 Å². The number of ether oxygens (including phenoxy) is 1. The Kier molecular flexibility index (Phi) is 6.29. The van der Waals surface area contributed by atoms with E-state index in [9.17, 15) is 10.1 Å². The maximum absolute atomic E-state index is 12.3. The topological polar surface area (TPSA) is 56.6 Å². The summed E-state index contributed by atoms with van der Waals surface area (Å²) in [6.07, 6.45) is 4.91. The summed E-state index contributed by atoms with van der Waals surface area (Å²) < 4.78 is 5.14. The molecule has 0 aliphatic carbocycles. The van der Waals surface area contributed by atoms with Crippen LogP contribution in [-0.2, 0) is 16.1 Å². The number of hydrogen-bond donors (Lipinski definition) is 0. The van der Waals surface area contributed by atoms with Gasteiger partial charge in [0.2, 0.25) is 5.91 Å². The Morgan fingerprint density at radius 3 is 2.92 bits per heavy atom. The van der Waals surface area contributed by atoms with Gasteiger partial charge in [-0.25, -0.2) is 0 Å². The number of benzene rings is 1. The molecule has 2 fully saturated rings. The van der Waals surface area contributed by atoms with Crippen molar-refractivity contribution >= 4 is 5.91 Å². The number of rotatable bonds is 6. The Morgan fingerprint density at radius 1 is 1.27 bits per heavy atom. The second-order valence-corrected chi connectivity index (χ2v) is 7.74. The van der Waals surface area contributed by atoms with Crippen LogP contribution < -0.4 is 0 Å². The SMILES string of the molecule is COCCCN1C[C@]2(CCCN(Cc3ccccc3C#N)C2)CCC1=O. The fraction of sp³-hybridized carbons (Fsp3) is 0.619. The number of nitrogens with zero attached hydrogens (tertiary/aromatic N) is 3. The third-order valence-corrected chi connectivity index (χ3v) is 5.80. The molecular weight excluding hydrogens is 326 g/mol. The van der Waals surface area contributed by atoms with Gasteiger partial charge in [0.25, 0.3) is 0 Å². The monoisotopic (exact) mass is 355 g/mol. The first-order valence-electron chi connectivity index (χ1n) is 9.63. The van der Waals surface area contributed by atoms with Crippen molar-refractivity contribution in [2.24, 2.45) is 5.41 Å². The number of carbonyl (C=O) groups excluding carboxylic acids is 1. The van der Waals surface area contributed by atoms with Crippen LogP contribution >= 0.6 is 0 Å². The van der Waals surface area contributed by atoms with Crippen molar-refractivity contribution in [3.63, 3.8) is 0 Å². The minimum Gasteiger partial charge on any atom is -0.385 e. The molecule has 0 unspecified atom stereocenters. The Hall–Kier alpha value is -1.90. The third-order valence-electron chi connectivity index (χ3n) is 5.80. The molecular formula is C21H29N3O2. The first kappa shape index (κ1) is 18.9. The molecule has 0 aromatic heterocycles. The van der Waals surface area contributed by atoms with Crippen LogP contribution in [0.25, 0.3) is 0 Å². The molecule has 1 aromatic rings. The summed E-state index contributed by atoms with van der Waals surface area (Å²) in [7, 11) is 1.71. The van der Waals surface area contributed by atoms with Gasteiger partial charge in [-0.2, -0.15) is 5.26 Å². The highest BCUT2D eigenvalue weighted by Gasteiger charge is 2.41. The maximum atomic E-state index is 12.3. The summed E-state index contributed by atoms with van der Waals surface area (Å²) in [5, 5.41) is 9.33. The molecule has 5 nitrogen and oxygen atoms in total. The molecule has 1 aromatic carbocycles. The van der Waals surface area contributed by atoms with E-state index in [4.69, 9.17) is 4.74 Å². The van der Waals surface area contributed by atoms with Crippen LogP contribution in [0.15, 0.2) is 24.3 Å². The fourth-order valence-corrected chi connectivity index (χ4v) is 4.49. The summed E-state index contributed by atoms with van der Waals surface area (Å²) >= 11 is 0. The van der Waals surface area contributed by atoms with E-state index in [1.54, 1.807) is 7.11 Å².